The molecule has 3 atom stereocenters. The quantitative estimate of drug-likeness (QED) is 0.198. The van der Waals surface area contributed by atoms with Crippen LogP contribution >= 0.6 is 0 Å². The lowest BCUT2D eigenvalue weighted by atomic mass is 9.68. The number of hydrogen-bond acceptors (Lipinski definition) is 2. The van der Waals surface area contributed by atoms with Crippen molar-refractivity contribution in [1.82, 2.24) is 0 Å². The largest absolute Gasteiger partial charge is 0.454 e. The zero-order chi connectivity index (χ0) is 30.7. The van der Waals surface area contributed by atoms with Crippen molar-refractivity contribution in [3.8, 4) is 11.1 Å². The Bertz CT molecular complexity index is 2280. The maximum atomic E-state index is 6.67. The molecule has 6 aromatic carbocycles. The average molecular weight is 592 g/mol. The van der Waals surface area contributed by atoms with E-state index in [1.165, 1.54) is 33.5 Å². The van der Waals surface area contributed by atoms with E-state index in [0.717, 1.165) is 33.3 Å². The maximum absolute atomic E-state index is 6.67. The Hall–Kier alpha value is -5.60. The fraction of sp³-hybridized carbons (Fsp3) is 0.0909. The van der Waals surface area contributed by atoms with Crippen LogP contribution in [0.25, 0.3) is 33.1 Å². The molecule has 0 saturated carbocycles. The summed E-state index contributed by atoms with van der Waals surface area (Å²) in [6, 6.07) is 54.6. The van der Waals surface area contributed by atoms with E-state index in [9.17, 15) is 0 Å². The fourth-order valence-electron chi connectivity index (χ4n) is 8.09. The molecule has 9 rings (SSSR count). The van der Waals surface area contributed by atoms with Gasteiger partial charge in [-0.3, -0.25) is 0 Å². The number of hydrogen-bond donors (Lipinski definition) is 0. The Kier molecular flexibility index (Phi) is 6.11. The molecule has 0 saturated heterocycles. The average Bonchev–Trinajstić information content (AvgIpc) is 3.64. The van der Waals surface area contributed by atoms with E-state index in [-0.39, 0.29) is 17.3 Å². The van der Waals surface area contributed by atoms with E-state index in [1.807, 2.05) is 6.07 Å². The summed E-state index contributed by atoms with van der Waals surface area (Å²) in [5.74, 6) is 0.396. The Balaban J connectivity index is 1.27. The van der Waals surface area contributed by atoms with Gasteiger partial charge in [-0.2, -0.15) is 0 Å². The molecule has 0 radical (unpaired) electrons. The molecule has 7 aromatic rings. The minimum atomic E-state index is -0.174. The third-order valence-electron chi connectivity index (χ3n) is 10.3. The summed E-state index contributed by atoms with van der Waals surface area (Å²) in [5, 5.41) is 2.26. The molecule has 0 fully saturated rings. The molecule has 1 heterocycles. The predicted octanol–water partition coefficient (Wildman–Crippen LogP) is 11.6. The number of benzene rings is 6. The monoisotopic (exact) mass is 591 g/mol. The van der Waals surface area contributed by atoms with Crippen LogP contribution in [-0.4, -0.2) is 0 Å². The molecule has 2 nitrogen and oxygen atoms in total. The van der Waals surface area contributed by atoms with Crippen molar-refractivity contribution in [3.05, 3.63) is 192 Å². The van der Waals surface area contributed by atoms with E-state index in [2.05, 4.69) is 176 Å². The van der Waals surface area contributed by atoms with Crippen molar-refractivity contribution < 1.29 is 4.42 Å². The molecular weight excluding hydrogens is 558 g/mol. The molecule has 0 aliphatic heterocycles. The first-order valence-electron chi connectivity index (χ1n) is 16.1. The van der Waals surface area contributed by atoms with Gasteiger partial charge in [0.1, 0.15) is 5.58 Å². The van der Waals surface area contributed by atoms with Crippen LogP contribution in [0, 0.1) is 5.92 Å². The second-order valence-electron chi connectivity index (χ2n) is 12.6. The summed E-state index contributed by atoms with van der Waals surface area (Å²) in [4.78, 5) is 2.45. The van der Waals surface area contributed by atoms with Gasteiger partial charge >= 0.3 is 0 Å². The van der Waals surface area contributed by atoms with Crippen LogP contribution in [0.15, 0.2) is 180 Å². The highest BCUT2D eigenvalue weighted by atomic mass is 16.3. The van der Waals surface area contributed by atoms with Crippen LogP contribution in [0.2, 0.25) is 0 Å². The molecule has 2 aliphatic rings. The second-order valence-corrected chi connectivity index (χ2v) is 12.6. The number of anilines is 2. The van der Waals surface area contributed by atoms with E-state index >= 15 is 0 Å². The van der Waals surface area contributed by atoms with Gasteiger partial charge in [0, 0.05) is 39.4 Å². The normalized spacial score (nSPS) is 20.0. The summed E-state index contributed by atoms with van der Waals surface area (Å²) < 4.78 is 6.67. The van der Waals surface area contributed by atoms with Crippen molar-refractivity contribution in [3.63, 3.8) is 0 Å². The highest BCUT2D eigenvalue weighted by Crippen LogP contribution is 2.59. The van der Waals surface area contributed by atoms with Crippen molar-refractivity contribution in [2.75, 3.05) is 4.90 Å². The van der Waals surface area contributed by atoms with Gasteiger partial charge in [-0.25, -0.2) is 0 Å². The number of rotatable bonds is 5. The summed E-state index contributed by atoms with van der Waals surface area (Å²) in [6.45, 7) is 2.43. The first-order valence-corrected chi connectivity index (χ1v) is 16.1. The van der Waals surface area contributed by atoms with Gasteiger partial charge in [-0.05, 0) is 58.2 Å². The van der Waals surface area contributed by atoms with E-state index in [1.54, 1.807) is 0 Å². The van der Waals surface area contributed by atoms with Gasteiger partial charge in [0.15, 0.2) is 5.58 Å². The van der Waals surface area contributed by atoms with Crippen LogP contribution in [0.5, 0.6) is 0 Å². The Morgan fingerprint density at radius 3 is 2.11 bits per heavy atom. The molecule has 0 amide bonds. The molecule has 1 aromatic heterocycles. The molecule has 46 heavy (non-hydrogen) atoms. The van der Waals surface area contributed by atoms with E-state index in [0.29, 0.717) is 0 Å². The molecule has 3 unspecified atom stereocenters. The summed E-state index contributed by atoms with van der Waals surface area (Å²) in [7, 11) is 0. The van der Waals surface area contributed by atoms with Crippen LogP contribution in [0.1, 0.15) is 29.5 Å². The molecule has 220 valence electrons. The third kappa shape index (κ3) is 3.96. The van der Waals surface area contributed by atoms with Gasteiger partial charge < -0.3 is 9.32 Å². The van der Waals surface area contributed by atoms with Crippen molar-refractivity contribution in [2.24, 2.45) is 5.92 Å². The minimum absolute atomic E-state index is 0.153. The highest BCUT2D eigenvalue weighted by molar-refractivity contribution is 6.09. The standard InChI is InChI=1S/C44H33NO/c1-44(32-16-6-3-7-17-32)37-21-10-8-19-36(37)42-38(44)22-13-23-39(42)45(33-28-26-31(27-29-33)30-14-4-2-5-15-30)40-24-12-20-35-34-18-9-11-25-41(34)46-43(35)40/h2-29,38,42H,1H3. The maximum Gasteiger partial charge on any atom is 0.159 e. The lowest BCUT2D eigenvalue weighted by Crippen LogP contribution is -2.33. The lowest BCUT2D eigenvalue weighted by Gasteiger charge is -2.39. The van der Waals surface area contributed by atoms with Gasteiger partial charge in [0.2, 0.25) is 0 Å². The first kappa shape index (κ1) is 26.8. The molecule has 2 aliphatic carbocycles. The number of fused-ring (bicyclic) bond motifs is 6. The highest BCUT2D eigenvalue weighted by Gasteiger charge is 2.51. The summed E-state index contributed by atoms with van der Waals surface area (Å²) in [6.07, 6.45) is 7.02. The first-order chi connectivity index (χ1) is 22.7. The van der Waals surface area contributed by atoms with Gasteiger partial charge in [0.25, 0.3) is 0 Å². The van der Waals surface area contributed by atoms with Crippen LogP contribution < -0.4 is 4.90 Å². The molecular formula is C44H33NO. The van der Waals surface area contributed by atoms with Gasteiger partial charge in [-0.15, -0.1) is 0 Å². The third-order valence-corrected chi connectivity index (χ3v) is 10.3. The van der Waals surface area contributed by atoms with Gasteiger partial charge in [-0.1, -0.05) is 146 Å². The number of para-hydroxylation sites is 2. The zero-order valence-electron chi connectivity index (χ0n) is 25.7. The van der Waals surface area contributed by atoms with E-state index in [4.69, 9.17) is 4.42 Å². The predicted molar refractivity (Wildman–Crippen MR) is 191 cm³/mol. The second kappa shape index (κ2) is 10.5. The van der Waals surface area contributed by atoms with Crippen LogP contribution in [0.3, 0.4) is 0 Å². The number of furan rings is 1. The molecule has 2 heteroatoms. The number of nitrogens with zero attached hydrogens (tertiary/aromatic N) is 1. The Morgan fingerprint density at radius 1 is 0.609 bits per heavy atom. The van der Waals surface area contributed by atoms with Crippen molar-refractivity contribution in [1.29, 1.82) is 0 Å². The molecule has 0 bridgehead atoms. The van der Waals surface area contributed by atoms with Crippen molar-refractivity contribution in [2.45, 2.75) is 18.3 Å². The zero-order valence-corrected chi connectivity index (χ0v) is 25.7. The minimum Gasteiger partial charge on any atom is -0.454 e. The molecule has 0 N–H and O–H groups in total. The fourth-order valence-corrected chi connectivity index (χ4v) is 8.09. The van der Waals surface area contributed by atoms with Crippen LogP contribution in [0.4, 0.5) is 11.4 Å². The number of allylic oxidation sites excluding steroid dienone is 4. The van der Waals surface area contributed by atoms with Crippen LogP contribution in [-0.2, 0) is 5.41 Å². The Morgan fingerprint density at radius 2 is 1.28 bits per heavy atom. The Labute approximate surface area is 269 Å². The molecule has 0 spiro atoms. The topological polar surface area (TPSA) is 16.4 Å². The van der Waals surface area contributed by atoms with Crippen molar-refractivity contribution >= 4 is 33.3 Å². The SMILES string of the molecule is CC1(c2ccccc2)c2ccccc2C2C(N(c3ccc(-c4ccccc4)cc3)c3cccc4c3oc3ccccc34)=CC=CC21. The van der Waals surface area contributed by atoms with E-state index < -0.39 is 0 Å². The summed E-state index contributed by atoms with van der Waals surface area (Å²) in [5.41, 5.74) is 11.6. The lowest BCUT2D eigenvalue weighted by molar-refractivity contribution is 0.415. The summed E-state index contributed by atoms with van der Waals surface area (Å²) >= 11 is 0. The smallest absolute Gasteiger partial charge is 0.159 e. The van der Waals surface area contributed by atoms with Gasteiger partial charge in [0.05, 0.1) is 5.69 Å².